The van der Waals surface area contributed by atoms with Crippen molar-refractivity contribution in [2.45, 2.75) is 45.4 Å². The standard InChI is InChI=1S/C25H26ClN3O3/c1-17(5-10-24(30)31)29-12-11-23-20(15-29)14-27-25(28-23)19-6-8-22(9-7-19)32-16-18-3-2-4-21(26)13-18/h2-4,6-9,13-14,17H,5,10-12,15-16H2,1H3,(H,30,31). The highest BCUT2D eigenvalue weighted by atomic mass is 35.5. The molecule has 2 heterocycles. The van der Waals surface area contributed by atoms with Gasteiger partial charge in [-0.1, -0.05) is 23.7 Å². The Morgan fingerprint density at radius 3 is 2.81 bits per heavy atom. The molecular formula is C25H26ClN3O3. The SMILES string of the molecule is CC(CCC(=O)O)N1CCc2nc(-c3ccc(OCc4cccc(Cl)c4)cc3)ncc2C1. The van der Waals surface area contributed by atoms with Gasteiger partial charge in [0.15, 0.2) is 5.82 Å². The molecule has 32 heavy (non-hydrogen) atoms. The molecule has 3 aromatic rings. The van der Waals surface area contributed by atoms with Crippen molar-refractivity contribution >= 4 is 17.6 Å². The molecule has 7 heteroatoms. The predicted molar refractivity (Wildman–Crippen MR) is 124 cm³/mol. The zero-order valence-corrected chi connectivity index (χ0v) is 18.8. The van der Waals surface area contributed by atoms with Gasteiger partial charge in [-0.2, -0.15) is 0 Å². The molecule has 1 atom stereocenters. The van der Waals surface area contributed by atoms with E-state index in [1.165, 1.54) is 0 Å². The Kier molecular flexibility index (Phi) is 7.02. The number of carboxylic acid groups (broad SMARTS) is 1. The first kappa shape index (κ1) is 22.2. The summed E-state index contributed by atoms with van der Waals surface area (Å²) in [6.45, 7) is 4.17. The number of nitrogens with zero attached hydrogens (tertiary/aromatic N) is 3. The Morgan fingerprint density at radius 2 is 2.06 bits per heavy atom. The van der Waals surface area contributed by atoms with E-state index in [1.54, 1.807) is 0 Å². The van der Waals surface area contributed by atoms with Crippen LogP contribution in [0.1, 0.15) is 36.6 Å². The van der Waals surface area contributed by atoms with Crippen molar-refractivity contribution in [3.8, 4) is 17.1 Å². The summed E-state index contributed by atoms with van der Waals surface area (Å²) in [4.78, 5) is 22.5. The van der Waals surface area contributed by atoms with Gasteiger partial charge in [0.05, 0.1) is 5.69 Å². The maximum absolute atomic E-state index is 10.8. The smallest absolute Gasteiger partial charge is 0.303 e. The van der Waals surface area contributed by atoms with Crippen molar-refractivity contribution in [3.05, 3.63) is 76.6 Å². The van der Waals surface area contributed by atoms with Crippen molar-refractivity contribution in [3.63, 3.8) is 0 Å². The number of ether oxygens (including phenoxy) is 1. The van der Waals surface area contributed by atoms with Crippen molar-refractivity contribution in [2.24, 2.45) is 0 Å². The molecule has 0 saturated heterocycles. The summed E-state index contributed by atoms with van der Waals surface area (Å²) >= 11 is 6.02. The van der Waals surface area contributed by atoms with E-state index in [0.29, 0.717) is 23.9 Å². The molecular weight excluding hydrogens is 426 g/mol. The summed E-state index contributed by atoms with van der Waals surface area (Å²) < 4.78 is 5.86. The van der Waals surface area contributed by atoms with Gasteiger partial charge in [0, 0.05) is 54.3 Å². The molecule has 1 aromatic heterocycles. The molecule has 0 aliphatic carbocycles. The number of aliphatic carboxylic acids is 1. The Balaban J connectivity index is 1.38. The number of rotatable bonds is 8. The maximum atomic E-state index is 10.8. The van der Waals surface area contributed by atoms with Gasteiger partial charge < -0.3 is 9.84 Å². The summed E-state index contributed by atoms with van der Waals surface area (Å²) in [5.41, 5.74) is 4.15. The fourth-order valence-electron chi connectivity index (χ4n) is 3.86. The topological polar surface area (TPSA) is 75.5 Å². The van der Waals surface area contributed by atoms with E-state index >= 15 is 0 Å². The number of carbonyl (C=O) groups is 1. The first-order chi connectivity index (χ1) is 15.5. The molecule has 6 nitrogen and oxygen atoms in total. The second-order valence-electron chi connectivity index (χ2n) is 8.11. The van der Waals surface area contributed by atoms with Crippen LogP contribution in [0, 0.1) is 0 Å². The predicted octanol–water partition coefficient (Wildman–Crippen LogP) is 4.99. The lowest BCUT2D eigenvalue weighted by Crippen LogP contribution is -2.38. The normalized spacial score (nSPS) is 14.6. The van der Waals surface area contributed by atoms with Gasteiger partial charge in [-0.3, -0.25) is 9.69 Å². The Bertz CT molecular complexity index is 1090. The van der Waals surface area contributed by atoms with Crippen LogP contribution in [0.5, 0.6) is 5.75 Å². The Morgan fingerprint density at radius 1 is 1.25 bits per heavy atom. The van der Waals surface area contributed by atoms with Crippen LogP contribution in [0.15, 0.2) is 54.7 Å². The zero-order valence-electron chi connectivity index (χ0n) is 18.0. The maximum Gasteiger partial charge on any atom is 0.303 e. The lowest BCUT2D eigenvalue weighted by Gasteiger charge is -2.33. The lowest BCUT2D eigenvalue weighted by molar-refractivity contribution is -0.137. The number of aromatic nitrogens is 2. The molecule has 0 bridgehead atoms. The third kappa shape index (κ3) is 5.64. The minimum Gasteiger partial charge on any atom is -0.489 e. The van der Waals surface area contributed by atoms with E-state index in [-0.39, 0.29) is 12.5 Å². The largest absolute Gasteiger partial charge is 0.489 e. The van der Waals surface area contributed by atoms with Crippen molar-refractivity contribution in [2.75, 3.05) is 6.54 Å². The first-order valence-electron chi connectivity index (χ1n) is 10.8. The van der Waals surface area contributed by atoms with Crippen LogP contribution in [-0.2, 0) is 24.4 Å². The molecule has 0 saturated carbocycles. The fraction of sp³-hybridized carbons (Fsp3) is 0.320. The van der Waals surface area contributed by atoms with Gasteiger partial charge in [-0.05, 0) is 55.3 Å². The highest BCUT2D eigenvalue weighted by Crippen LogP contribution is 2.25. The van der Waals surface area contributed by atoms with Crippen LogP contribution in [0.4, 0.5) is 0 Å². The van der Waals surface area contributed by atoms with Gasteiger partial charge in [0.1, 0.15) is 12.4 Å². The second-order valence-corrected chi connectivity index (χ2v) is 8.55. The molecule has 166 valence electrons. The van der Waals surface area contributed by atoms with Crippen molar-refractivity contribution < 1.29 is 14.6 Å². The molecule has 4 rings (SSSR count). The quantitative estimate of drug-likeness (QED) is 0.520. The summed E-state index contributed by atoms with van der Waals surface area (Å²) in [6.07, 6.45) is 3.58. The van der Waals surface area contributed by atoms with Crippen LogP contribution in [0.25, 0.3) is 11.4 Å². The van der Waals surface area contributed by atoms with Gasteiger partial charge in [-0.15, -0.1) is 0 Å². The van der Waals surface area contributed by atoms with E-state index in [4.69, 9.17) is 26.4 Å². The Hall–Kier alpha value is -2.96. The van der Waals surface area contributed by atoms with Gasteiger partial charge in [0.2, 0.25) is 0 Å². The first-order valence-corrected chi connectivity index (χ1v) is 11.1. The molecule has 1 aliphatic heterocycles. The summed E-state index contributed by atoms with van der Waals surface area (Å²) in [6, 6.07) is 15.6. The average Bonchev–Trinajstić information content (AvgIpc) is 2.81. The van der Waals surface area contributed by atoms with Gasteiger partial charge in [-0.25, -0.2) is 9.97 Å². The van der Waals surface area contributed by atoms with E-state index < -0.39 is 5.97 Å². The van der Waals surface area contributed by atoms with E-state index in [0.717, 1.165) is 47.6 Å². The molecule has 0 spiro atoms. The summed E-state index contributed by atoms with van der Waals surface area (Å²) in [5.74, 6) is 0.735. The zero-order chi connectivity index (χ0) is 22.5. The molecule has 1 N–H and O–H groups in total. The van der Waals surface area contributed by atoms with Crippen molar-refractivity contribution in [1.29, 1.82) is 0 Å². The van der Waals surface area contributed by atoms with Crippen LogP contribution in [-0.4, -0.2) is 38.5 Å². The van der Waals surface area contributed by atoms with E-state index in [1.807, 2.05) is 54.7 Å². The van der Waals surface area contributed by atoms with Crippen LogP contribution in [0.3, 0.4) is 0 Å². The molecule has 0 amide bonds. The number of carboxylic acids is 1. The van der Waals surface area contributed by atoms with E-state index in [9.17, 15) is 4.79 Å². The molecule has 1 aliphatic rings. The number of fused-ring (bicyclic) bond motifs is 1. The summed E-state index contributed by atoms with van der Waals surface area (Å²) in [5, 5.41) is 9.61. The summed E-state index contributed by atoms with van der Waals surface area (Å²) in [7, 11) is 0. The van der Waals surface area contributed by atoms with Crippen molar-refractivity contribution in [1.82, 2.24) is 14.9 Å². The third-order valence-corrected chi connectivity index (χ3v) is 6.00. The molecule has 0 fully saturated rings. The molecule has 2 aromatic carbocycles. The van der Waals surface area contributed by atoms with Gasteiger partial charge >= 0.3 is 5.97 Å². The third-order valence-electron chi connectivity index (χ3n) is 5.77. The highest BCUT2D eigenvalue weighted by molar-refractivity contribution is 6.30. The average molecular weight is 452 g/mol. The number of benzene rings is 2. The lowest BCUT2D eigenvalue weighted by atomic mass is 10.0. The van der Waals surface area contributed by atoms with Crippen LogP contribution >= 0.6 is 11.6 Å². The number of halogens is 1. The second kappa shape index (κ2) is 10.1. The van der Waals surface area contributed by atoms with E-state index in [2.05, 4.69) is 16.8 Å². The fourth-order valence-corrected chi connectivity index (χ4v) is 4.07. The number of hydrogen-bond donors (Lipinski definition) is 1. The van der Waals surface area contributed by atoms with Crippen LogP contribution < -0.4 is 4.74 Å². The highest BCUT2D eigenvalue weighted by Gasteiger charge is 2.23. The molecule has 0 radical (unpaired) electrons. The minimum absolute atomic E-state index is 0.193. The minimum atomic E-state index is -0.747. The number of hydrogen-bond acceptors (Lipinski definition) is 5. The van der Waals surface area contributed by atoms with Gasteiger partial charge in [0.25, 0.3) is 0 Å². The monoisotopic (exact) mass is 451 g/mol. The Labute approximate surface area is 192 Å². The molecule has 1 unspecified atom stereocenters. The van der Waals surface area contributed by atoms with Crippen LogP contribution in [0.2, 0.25) is 5.02 Å².